The Hall–Kier alpha value is -1.26. The van der Waals surface area contributed by atoms with Gasteiger partial charge in [-0.25, -0.2) is 0 Å². The minimum absolute atomic E-state index is 0.0117. The maximum atomic E-state index is 12.2. The second-order valence-electron chi connectivity index (χ2n) is 4.60. The predicted octanol–water partition coefficient (Wildman–Crippen LogP) is 4.21. The van der Waals surface area contributed by atoms with Crippen molar-refractivity contribution in [2.24, 2.45) is 0 Å². The van der Waals surface area contributed by atoms with Crippen LogP contribution in [0.2, 0.25) is 0 Å². The van der Waals surface area contributed by atoms with E-state index in [1.165, 1.54) is 16.9 Å². The van der Waals surface area contributed by atoms with E-state index in [0.29, 0.717) is 0 Å². The van der Waals surface area contributed by atoms with Crippen LogP contribution in [0.5, 0.6) is 0 Å². The van der Waals surface area contributed by atoms with E-state index in [2.05, 4.69) is 11.4 Å². The Morgan fingerprint density at radius 1 is 1.32 bits per heavy atom. The lowest BCUT2D eigenvalue weighted by molar-refractivity contribution is 0.103. The van der Waals surface area contributed by atoms with Crippen LogP contribution in [0.1, 0.15) is 26.5 Å². The molecule has 0 radical (unpaired) electrons. The van der Waals surface area contributed by atoms with Gasteiger partial charge in [0.2, 0.25) is 0 Å². The van der Waals surface area contributed by atoms with E-state index in [-0.39, 0.29) is 5.91 Å². The van der Waals surface area contributed by atoms with Crippen LogP contribution in [0.15, 0.2) is 35.2 Å². The first kappa shape index (κ1) is 12.8. The van der Waals surface area contributed by atoms with Gasteiger partial charge in [0, 0.05) is 15.5 Å². The number of benzene rings is 1. The van der Waals surface area contributed by atoms with Crippen LogP contribution in [0.3, 0.4) is 0 Å². The van der Waals surface area contributed by atoms with Crippen molar-refractivity contribution in [2.45, 2.75) is 24.2 Å². The van der Waals surface area contributed by atoms with E-state index in [4.69, 9.17) is 0 Å². The van der Waals surface area contributed by atoms with Gasteiger partial charge in [0.05, 0.1) is 4.88 Å². The molecule has 1 N–H and O–H groups in total. The molecule has 1 aliphatic rings. The highest BCUT2D eigenvalue weighted by molar-refractivity contribution is 7.98. The van der Waals surface area contributed by atoms with Crippen molar-refractivity contribution in [2.75, 3.05) is 11.6 Å². The fraction of sp³-hybridized carbons (Fsp3) is 0.267. The molecule has 1 aliphatic carbocycles. The number of nitrogens with one attached hydrogen (secondary N) is 1. The predicted molar refractivity (Wildman–Crippen MR) is 82.5 cm³/mol. The van der Waals surface area contributed by atoms with E-state index in [9.17, 15) is 4.79 Å². The van der Waals surface area contributed by atoms with Gasteiger partial charge in [-0.15, -0.1) is 23.1 Å². The molecule has 0 saturated carbocycles. The SMILES string of the molecule is CSc1cccc(NC(=O)c2cc3c(s2)CCC3)c1. The quantitative estimate of drug-likeness (QED) is 0.858. The zero-order valence-corrected chi connectivity index (χ0v) is 12.4. The number of fused-ring (bicyclic) bond motifs is 1. The van der Waals surface area contributed by atoms with E-state index in [1.807, 2.05) is 30.5 Å². The van der Waals surface area contributed by atoms with Gasteiger partial charge in [-0.05, 0) is 55.3 Å². The van der Waals surface area contributed by atoms with Crippen molar-refractivity contribution in [3.63, 3.8) is 0 Å². The third-order valence-electron chi connectivity index (χ3n) is 3.30. The van der Waals surface area contributed by atoms with Gasteiger partial charge in [0.25, 0.3) is 5.91 Å². The zero-order valence-electron chi connectivity index (χ0n) is 10.7. The summed E-state index contributed by atoms with van der Waals surface area (Å²) >= 11 is 3.32. The molecular formula is C15H15NOS2. The summed E-state index contributed by atoms with van der Waals surface area (Å²) in [6, 6.07) is 10.00. The molecule has 1 aromatic carbocycles. The van der Waals surface area contributed by atoms with Crippen LogP contribution in [0.25, 0.3) is 0 Å². The van der Waals surface area contributed by atoms with Crippen LogP contribution in [-0.2, 0) is 12.8 Å². The van der Waals surface area contributed by atoms with Gasteiger partial charge in [-0.3, -0.25) is 4.79 Å². The zero-order chi connectivity index (χ0) is 13.2. The lowest BCUT2D eigenvalue weighted by Gasteiger charge is -2.05. The lowest BCUT2D eigenvalue weighted by Crippen LogP contribution is -2.10. The Balaban J connectivity index is 1.76. The Labute approximate surface area is 121 Å². The Bertz CT molecular complexity index is 597. The second-order valence-corrected chi connectivity index (χ2v) is 6.62. The van der Waals surface area contributed by atoms with Gasteiger partial charge < -0.3 is 5.32 Å². The van der Waals surface area contributed by atoms with Gasteiger partial charge in [-0.2, -0.15) is 0 Å². The Kier molecular flexibility index (Phi) is 3.62. The van der Waals surface area contributed by atoms with Crippen LogP contribution >= 0.6 is 23.1 Å². The molecule has 1 aromatic heterocycles. The standard InChI is InChI=1S/C15H15NOS2/c1-18-12-6-3-5-11(9-12)16-15(17)14-8-10-4-2-7-13(10)19-14/h3,5-6,8-9H,2,4,7H2,1H3,(H,16,17). The number of amides is 1. The first-order valence-electron chi connectivity index (χ1n) is 6.33. The summed E-state index contributed by atoms with van der Waals surface area (Å²) in [7, 11) is 0. The summed E-state index contributed by atoms with van der Waals surface area (Å²) < 4.78 is 0. The summed E-state index contributed by atoms with van der Waals surface area (Å²) in [6.07, 6.45) is 5.53. The molecule has 0 saturated heterocycles. The van der Waals surface area contributed by atoms with Gasteiger partial charge in [0.1, 0.15) is 0 Å². The molecule has 2 nitrogen and oxygen atoms in total. The van der Waals surface area contributed by atoms with Crippen molar-refractivity contribution in [1.82, 2.24) is 0 Å². The highest BCUT2D eigenvalue weighted by atomic mass is 32.2. The van der Waals surface area contributed by atoms with Crippen molar-refractivity contribution in [1.29, 1.82) is 0 Å². The summed E-state index contributed by atoms with van der Waals surface area (Å²) in [4.78, 5) is 15.6. The first-order chi connectivity index (χ1) is 9.26. The average molecular weight is 289 g/mol. The number of carbonyl (C=O) groups excluding carboxylic acids is 1. The van der Waals surface area contributed by atoms with Crippen LogP contribution in [0.4, 0.5) is 5.69 Å². The van der Waals surface area contributed by atoms with Crippen molar-refractivity contribution < 1.29 is 4.79 Å². The maximum Gasteiger partial charge on any atom is 0.265 e. The number of aryl methyl sites for hydroxylation is 2. The monoisotopic (exact) mass is 289 g/mol. The summed E-state index contributed by atoms with van der Waals surface area (Å²) in [5.74, 6) is 0.0117. The molecular weight excluding hydrogens is 274 g/mol. The highest BCUT2D eigenvalue weighted by Crippen LogP contribution is 2.31. The average Bonchev–Trinajstić information content (AvgIpc) is 2.99. The number of carbonyl (C=O) groups is 1. The number of hydrogen-bond acceptors (Lipinski definition) is 3. The first-order valence-corrected chi connectivity index (χ1v) is 8.37. The number of anilines is 1. The van der Waals surface area contributed by atoms with Crippen LogP contribution in [-0.4, -0.2) is 12.2 Å². The summed E-state index contributed by atoms with van der Waals surface area (Å²) in [5.41, 5.74) is 2.23. The third kappa shape index (κ3) is 2.69. The third-order valence-corrected chi connectivity index (χ3v) is 5.26. The van der Waals surface area contributed by atoms with Gasteiger partial charge in [-0.1, -0.05) is 6.07 Å². The summed E-state index contributed by atoms with van der Waals surface area (Å²) in [5, 5.41) is 2.98. The fourth-order valence-electron chi connectivity index (χ4n) is 2.33. The molecule has 0 atom stereocenters. The maximum absolute atomic E-state index is 12.2. The second kappa shape index (κ2) is 5.39. The molecule has 2 aromatic rings. The minimum atomic E-state index is 0.0117. The number of thiophene rings is 1. The Morgan fingerprint density at radius 2 is 2.21 bits per heavy atom. The molecule has 1 amide bonds. The van der Waals surface area contributed by atoms with Gasteiger partial charge >= 0.3 is 0 Å². The molecule has 0 bridgehead atoms. The molecule has 4 heteroatoms. The Morgan fingerprint density at radius 3 is 3.00 bits per heavy atom. The fourth-order valence-corrected chi connectivity index (χ4v) is 3.94. The molecule has 3 rings (SSSR count). The number of hydrogen-bond donors (Lipinski definition) is 1. The molecule has 0 fully saturated rings. The molecule has 98 valence electrons. The highest BCUT2D eigenvalue weighted by Gasteiger charge is 2.18. The molecule has 0 aliphatic heterocycles. The van der Waals surface area contributed by atoms with Crippen molar-refractivity contribution in [3.05, 3.63) is 45.6 Å². The number of thioether (sulfide) groups is 1. The number of rotatable bonds is 3. The molecule has 0 spiro atoms. The van der Waals surface area contributed by atoms with E-state index in [1.54, 1.807) is 23.1 Å². The largest absolute Gasteiger partial charge is 0.321 e. The van der Waals surface area contributed by atoms with Crippen LogP contribution < -0.4 is 5.32 Å². The topological polar surface area (TPSA) is 29.1 Å². The van der Waals surface area contributed by atoms with E-state index < -0.39 is 0 Å². The normalized spacial score (nSPS) is 13.3. The smallest absolute Gasteiger partial charge is 0.265 e. The molecule has 1 heterocycles. The van der Waals surface area contributed by atoms with Crippen LogP contribution in [0, 0.1) is 0 Å². The van der Waals surface area contributed by atoms with E-state index >= 15 is 0 Å². The molecule has 0 unspecified atom stereocenters. The van der Waals surface area contributed by atoms with Crippen molar-refractivity contribution in [3.8, 4) is 0 Å². The van der Waals surface area contributed by atoms with Gasteiger partial charge in [0.15, 0.2) is 0 Å². The molecule has 19 heavy (non-hydrogen) atoms. The van der Waals surface area contributed by atoms with E-state index in [0.717, 1.165) is 28.3 Å². The van der Waals surface area contributed by atoms with Crippen molar-refractivity contribution >= 4 is 34.7 Å². The lowest BCUT2D eigenvalue weighted by atomic mass is 10.2. The summed E-state index contributed by atoms with van der Waals surface area (Å²) in [6.45, 7) is 0. The minimum Gasteiger partial charge on any atom is -0.321 e.